The molecule has 0 bridgehead atoms. The van der Waals surface area contributed by atoms with Crippen molar-refractivity contribution in [2.24, 2.45) is 0 Å². The van der Waals surface area contributed by atoms with E-state index in [1.807, 2.05) is 6.92 Å². The lowest BCUT2D eigenvalue weighted by molar-refractivity contribution is 0.708. The zero-order valence-corrected chi connectivity index (χ0v) is 11.8. The molecular weight excluding hydrogens is 287 g/mol. The van der Waals surface area contributed by atoms with Crippen LogP contribution in [0.2, 0.25) is 10.0 Å². The Morgan fingerprint density at radius 3 is 2.63 bits per heavy atom. The summed E-state index contributed by atoms with van der Waals surface area (Å²) in [5.74, 6) is 0. The van der Waals surface area contributed by atoms with E-state index in [-0.39, 0.29) is 12.1 Å². The Morgan fingerprint density at radius 2 is 1.95 bits per heavy atom. The number of H-pyrrole nitrogens is 1. The van der Waals surface area contributed by atoms with Crippen molar-refractivity contribution < 1.29 is 0 Å². The minimum absolute atomic E-state index is 0.266. The summed E-state index contributed by atoms with van der Waals surface area (Å²) in [7, 11) is 0. The normalized spacial score (nSPS) is 10.7. The Bertz CT molecular complexity index is 719. The molecule has 1 aromatic carbocycles. The number of nitrogens with one attached hydrogen (secondary N) is 1. The Balaban J connectivity index is 2.47. The number of hydrogen-bond acceptors (Lipinski definition) is 2. The molecule has 0 saturated heterocycles. The zero-order valence-electron chi connectivity index (χ0n) is 10.2. The monoisotopic (exact) mass is 298 g/mol. The van der Waals surface area contributed by atoms with E-state index in [1.54, 1.807) is 24.4 Å². The van der Waals surface area contributed by atoms with Gasteiger partial charge in [-0.15, -0.1) is 0 Å². The highest BCUT2D eigenvalue weighted by Gasteiger charge is 2.08. The Kier molecular flexibility index (Phi) is 4.12. The lowest BCUT2D eigenvalue weighted by Gasteiger charge is -2.09. The van der Waals surface area contributed by atoms with E-state index in [0.29, 0.717) is 22.0 Å². The van der Waals surface area contributed by atoms with Crippen molar-refractivity contribution >= 4 is 23.2 Å². The molecule has 0 amide bonds. The summed E-state index contributed by atoms with van der Waals surface area (Å²) in [6.45, 7) is 2.12. The molecule has 1 aromatic heterocycles. The fourth-order valence-corrected chi connectivity index (χ4v) is 2.16. The first-order valence-electron chi connectivity index (χ1n) is 5.78. The van der Waals surface area contributed by atoms with Gasteiger partial charge in [0.1, 0.15) is 0 Å². The maximum absolute atomic E-state index is 11.7. The minimum atomic E-state index is -0.460. The average molecular weight is 299 g/mol. The third-order valence-electron chi connectivity index (χ3n) is 2.84. The average Bonchev–Trinajstić information content (AvgIpc) is 2.38. The van der Waals surface area contributed by atoms with Gasteiger partial charge in [0.15, 0.2) is 0 Å². The van der Waals surface area contributed by atoms with Crippen LogP contribution in [0.5, 0.6) is 0 Å². The van der Waals surface area contributed by atoms with E-state index in [9.17, 15) is 9.59 Å². The molecule has 4 nitrogen and oxygen atoms in total. The SMILES string of the molecule is CCc1cn(Cc2cccc(Cl)c2Cl)c(=O)[nH]c1=O. The van der Waals surface area contributed by atoms with E-state index in [0.717, 1.165) is 5.56 Å². The Labute approximate surface area is 119 Å². The van der Waals surface area contributed by atoms with Gasteiger partial charge in [-0.25, -0.2) is 4.79 Å². The molecule has 1 N–H and O–H groups in total. The summed E-state index contributed by atoms with van der Waals surface area (Å²) in [5.41, 5.74) is 0.474. The molecule has 0 radical (unpaired) electrons. The second-order valence-corrected chi connectivity index (χ2v) is 4.89. The van der Waals surface area contributed by atoms with Gasteiger partial charge in [0.2, 0.25) is 0 Å². The van der Waals surface area contributed by atoms with E-state index in [4.69, 9.17) is 23.2 Å². The van der Waals surface area contributed by atoms with Crippen LogP contribution in [0.3, 0.4) is 0 Å². The second-order valence-electron chi connectivity index (χ2n) is 4.11. The van der Waals surface area contributed by atoms with E-state index in [1.165, 1.54) is 4.57 Å². The van der Waals surface area contributed by atoms with Gasteiger partial charge in [-0.3, -0.25) is 14.3 Å². The second kappa shape index (κ2) is 5.63. The van der Waals surface area contributed by atoms with Crippen molar-refractivity contribution in [3.05, 3.63) is 66.4 Å². The van der Waals surface area contributed by atoms with Crippen LogP contribution in [0.4, 0.5) is 0 Å². The van der Waals surface area contributed by atoms with Crippen LogP contribution in [0.15, 0.2) is 34.0 Å². The predicted octanol–water partition coefficient (Wildman–Crippen LogP) is 2.45. The summed E-state index contributed by atoms with van der Waals surface area (Å²) >= 11 is 12.0. The number of hydrogen-bond donors (Lipinski definition) is 1. The van der Waals surface area contributed by atoms with E-state index >= 15 is 0 Å². The van der Waals surface area contributed by atoms with Gasteiger partial charge in [-0.2, -0.15) is 0 Å². The zero-order chi connectivity index (χ0) is 14.0. The number of rotatable bonds is 3. The molecule has 1 heterocycles. The Morgan fingerprint density at radius 1 is 1.21 bits per heavy atom. The van der Waals surface area contributed by atoms with E-state index in [2.05, 4.69) is 4.98 Å². The molecule has 0 unspecified atom stereocenters. The smallest absolute Gasteiger partial charge is 0.296 e. The molecule has 19 heavy (non-hydrogen) atoms. The van der Waals surface area contributed by atoms with Crippen LogP contribution in [0, 0.1) is 0 Å². The third kappa shape index (κ3) is 2.91. The van der Waals surface area contributed by atoms with Gasteiger partial charge in [0, 0.05) is 11.8 Å². The fraction of sp³-hybridized carbons (Fsp3) is 0.231. The maximum Gasteiger partial charge on any atom is 0.328 e. The molecule has 0 atom stereocenters. The van der Waals surface area contributed by atoms with Crippen LogP contribution < -0.4 is 11.2 Å². The van der Waals surface area contributed by atoms with Gasteiger partial charge in [-0.1, -0.05) is 42.3 Å². The van der Waals surface area contributed by atoms with Crippen LogP contribution in [-0.2, 0) is 13.0 Å². The predicted molar refractivity (Wildman–Crippen MR) is 76.3 cm³/mol. The molecule has 6 heteroatoms. The van der Waals surface area contributed by atoms with Crippen LogP contribution in [0.1, 0.15) is 18.1 Å². The minimum Gasteiger partial charge on any atom is -0.296 e. The van der Waals surface area contributed by atoms with Crippen LogP contribution in [0.25, 0.3) is 0 Å². The number of aromatic nitrogens is 2. The Hall–Kier alpha value is -1.52. The lowest BCUT2D eigenvalue weighted by atomic mass is 10.2. The largest absolute Gasteiger partial charge is 0.328 e. The molecule has 0 aliphatic carbocycles. The topological polar surface area (TPSA) is 54.9 Å². The number of halogens is 2. The van der Waals surface area contributed by atoms with Gasteiger partial charge < -0.3 is 0 Å². The molecule has 0 spiro atoms. The van der Waals surface area contributed by atoms with Gasteiger partial charge >= 0.3 is 5.69 Å². The van der Waals surface area contributed by atoms with Crippen molar-refractivity contribution in [3.63, 3.8) is 0 Å². The van der Waals surface area contributed by atoms with Gasteiger partial charge in [0.25, 0.3) is 5.56 Å². The molecule has 2 aromatic rings. The summed E-state index contributed by atoms with van der Waals surface area (Å²) in [5, 5.41) is 0.854. The third-order valence-corrected chi connectivity index (χ3v) is 3.70. The summed E-state index contributed by atoms with van der Waals surface area (Å²) in [6.07, 6.45) is 2.11. The standard InChI is InChI=1S/C13H12Cl2N2O2/c1-2-8-6-17(13(19)16-12(8)18)7-9-4-3-5-10(14)11(9)15/h3-6H,2,7H2,1H3,(H,16,18,19). The summed E-state index contributed by atoms with van der Waals surface area (Å²) in [4.78, 5) is 25.5. The molecule has 2 rings (SSSR count). The van der Waals surface area contributed by atoms with Crippen molar-refractivity contribution in [1.82, 2.24) is 9.55 Å². The maximum atomic E-state index is 11.7. The first-order chi connectivity index (χ1) is 9.02. The van der Waals surface area contributed by atoms with E-state index < -0.39 is 5.69 Å². The lowest BCUT2D eigenvalue weighted by Crippen LogP contribution is -2.31. The van der Waals surface area contributed by atoms with Crippen molar-refractivity contribution in [1.29, 1.82) is 0 Å². The number of benzene rings is 1. The highest BCUT2D eigenvalue weighted by atomic mass is 35.5. The quantitative estimate of drug-likeness (QED) is 0.946. The number of nitrogens with zero attached hydrogens (tertiary/aromatic N) is 1. The molecule has 0 aliphatic rings. The fourth-order valence-electron chi connectivity index (χ4n) is 1.78. The summed E-state index contributed by atoms with van der Waals surface area (Å²) in [6, 6.07) is 5.23. The molecule has 0 aliphatic heterocycles. The first-order valence-corrected chi connectivity index (χ1v) is 6.54. The molecule has 0 saturated carbocycles. The van der Waals surface area contributed by atoms with Gasteiger partial charge in [0.05, 0.1) is 16.6 Å². The van der Waals surface area contributed by atoms with Crippen molar-refractivity contribution in [2.75, 3.05) is 0 Å². The number of aromatic amines is 1. The molecule has 0 fully saturated rings. The van der Waals surface area contributed by atoms with Crippen LogP contribution in [-0.4, -0.2) is 9.55 Å². The van der Waals surface area contributed by atoms with Crippen molar-refractivity contribution in [3.8, 4) is 0 Å². The highest BCUT2D eigenvalue weighted by molar-refractivity contribution is 6.42. The molecular formula is C13H12Cl2N2O2. The number of aryl methyl sites for hydroxylation is 1. The van der Waals surface area contributed by atoms with Gasteiger partial charge in [-0.05, 0) is 18.1 Å². The highest BCUT2D eigenvalue weighted by Crippen LogP contribution is 2.25. The van der Waals surface area contributed by atoms with Crippen molar-refractivity contribution in [2.45, 2.75) is 19.9 Å². The van der Waals surface area contributed by atoms with Crippen LogP contribution >= 0.6 is 23.2 Å². The summed E-state index contributed by atoms with van der Waals surface area (Å²) < 4.78 is 1.41. The first kappa shape index (κ1) is 13.9. The molecule has 100 valence electrons.